The molecule has 0 aliphatic heterocycles. The van der Waals surface area contributed by atoms with Crippen LogP contribution in [0.1, 0.15) is 38.5 Å². The van der Waals surface area contributed by atoms with Crippen LogP contribution < -0.4 is 15.8 Å². The van der Waals surface area contributed by atoms with Crippen LogP contribution in [0.3, 0.4) is 0 Å². The molecule has 1 aromatic carbocycles. The van der Waals surface area contributed by atoms with Crippen LogP contribution >= 0.6 is 0 Å². The van der Waals surface area contributed by atoms with Gasteiger partial charge in [0.25, 0.3) is 5.91 Å². The molecule has 0 saturated heterocycles. The smallest absolute Gasteiger partial charge is 0.255 e. The Morgan fingerprint density at radius 1 is 1.30 bits per heavy atom. The van der Waals surface area contributed by atoms with Gasteiger partial charge in [-0.15, -0.1) is 0 Å². The van der Waals surface area contributed by atoms with Gasteiger partial charge in [-0.2, -0.15) is 0 Å². The van der Waals surface area contributed by atoms with Crippen LogP contribution in [-0.4, -0.2) is 19.1 Å². The lowest BCUT2D eigenvalue weighted by Crippen LogP contribution is -2.20. The summed E-state index contributed by atoms with van der Waals surface area (Å²) in [6.45, 7) is 0.912. The Balaban J connectivity index is 1.74. The minimum atomic E-state index is -0.458. The lowest BCUT2D eigenvalue weighted by Gasteiger charge is -2.21. The molecular weight excluding hydrogens is 252 g/mol. The second-order valence-corrected chi connectivity index (χ2v) is 5.50. The fraction of sp³-hybridized carbons (Fsp3) is 0.562. The Morgan fingerprint density at radius 3 is 2.85 bits per heavy atom. The summed E-state index contributed by atoms with van der Waals surface area (Å²) >= 11 is 0. The van der Waals surface area contributed by atoms with E-state index >= 15 is 0 Å². The number of nitrogens with two attached hydrogens (primary N) is 1. The molecular formula is C16H24N2O2. The molecule has 1 amide bonds. The zero-order valence-corrected chi connectivity index (χ0v) is 11.9. The topological polar surface area (TPSA) is 64.4 Å². The van der Waals surface area contributed by atoms with E-state index in [9.17, 15) is 4.79 Å². The molecule has 0 atom stereocenters. The number of hydrogen-bond donors (Lipinski definition) is 2. The Hall–Kier alpha value is -1.71. The number of ether oxygens (including phenoxy) is 1. The molecule has 1 aromatic rings. The van der Waals surface area contributed by atoms with E-state index in [2.05, 4.69) is 5.32 Å². The second-order valence-electron chi connectivity index (χ2n) is 5.50. The van der Waals surface area contributed by atoms with Gasteiger partial charge in [0.05, 0.1) is 0 Å². The first-order chi connectivity index (χ1) is 9.74. The summed E-state index contributed by atoms with van der Waals surface area (Å²) in [6, 6.07) is 7.66. The molecule has 4 nitrogen and oxygen atoms in total. The average Bonchev–Trinajstić information content (AvgIpc) is 2.47. The summed E-state index contributed by atoms with van der Waals surface area (Å²) in [7, 11) is 0. The third-order valence-corrected chi connectivity index (χ3v) is 3.82. The van der Waals surface area contributed by atoms with Gasteiger partial charge in [-0.05, 0) is 24.5 Å². The maximum Gasteiger partial charge on any atom is 0.255 e. The monoisotopic (exact) mass is 276 g/mol. The van der Waals surface area contributed by atoms with E-state index in [0.29, 0.717) is 5.75 Å². The lowest BCUT2D eigenvalue weighted by molar-refractivity contribution is -0.119. The molecule has 20 heavy (non-hydrogen) atoms. The van der Waals surface area contributed by atoms with Gasteiger partial charge in [0.15, 0.2) is 6.61 Å². The molecule has 0 aromatic heterocycles. The van der Waals surface area contributed by atoms with Crippen molar-refractivity contribution in [3.63, 3.8) is 0 Å². The number of carbonyl (C=O) groups is 1. The summed E-state index contributed by atoms with van der Waals surface area (Å²) in [5.41, 5.74) is 6.09. The van der Waals surface area contributed by atoms with Crippen LogP contribution in [0.25, 0.3) is 0 Å². The number of nitrogens with one attached hydrogen (secondary N) is 1. The molecule has 0 radical (unpaired) electrons. The lowest BCUT2D eigenvalue weighted by atomic mass is 9.87. The minimum absolute atomic E-state index is 0.0778. The highest BCUT2D eigenvalue weighted by atomic mass is 16.5. The van der Waals surface area contributed by atoms with Gasteiger partial charge in [-0.3, -0.25) is 4.79 Å². The van der Waals surface area contributed by atoms with Gasteiger partial charge in [0.1, 0.15) is 5.75 Å². The largest absolute Gasteiger partial charge is 0.484 e. The predicted molar refractivity (Wildman–Crippen MR) is 80.8 cm³/mol. The third kappa shape index (κ3) is 5.11. The highest BCUT2D eigenvalue weighted by molar-refractivity contribution is 5.75. The average molecular weight is 276 g/mol. The van der Waals surface area contributed by atoms with E-state index in [0.717, 1.165) is 18.2 Å². The maximum absolute atomic E-state index is 10.7. The van der Waals surface area contributed by atoms with Crippen LogP contribution in [0.5, 0.6) is 5.75 Å². The number of carbonyl (C=O) groups excluding carboxylic acids is 1. The highest BCUT2D eigenvalue weighted by Crippen LogP contribution is 2.26. The number of primary amides is 1. The standard InChI is InChI=1S/C16H24N2O2/c17-16(19)12-20-15-8-4-7-14(11-15)18-10-9-13-5-2-1-3-6-13/h4,7-8,11,13,18H,1-3,5-6,9-10,12H2,(H2,17,19). The van der Waals surface area contributed by atoms with Crippen LogP contribution in [0.4, 0.5) is 5.69 Å². The van der Waals surface area contributed by atoms with Gasteiger partial charge in [0.2, 0.25) is 0 Å². The minimum Gasteiger partial charge on any atom is -0.484 e. The molecule has 1 aliphatic rings. The summed E-state index contributed by atoms with van der Waals surface area (Å²) in [6.07, 6.45) is 8.17. The van der Waals surface area contributed by atoms with E-state index in [4.69, 9.17) is 10.5 Å². The zero-order chi connectivity index (χ0) is 14.2. The number of benzene rings is 1. The fourth-order valence-electron chi connectivity index (χ4n) is 2.75. The quantitative estimate of drug-likeness (QED) is 0.804. The van der Waals surface area contributed by atoms with Crippen LogP contribution in [0.2, 0.25) is 0 Å². The first-order valence-electron chi connectivity index (χ1n) is 7.49. The van der Waals surface area contributed by atoms with Crippen molar-refractivity contribution < 1.29 is 9.53 Å². The van der Waals surface area contributed by atoms with Gasteiger partial charge >= 0.3 is 0 Å². The normalized spacial score (nSPS) is 15.8. The molecule has 1 fully saturated rings. The summed E-state index contributed by atoms with van der Waals surface area (Å²) in [5, 5.41) is 3.42. The van der Waals surface area contributed by atoms with Crippen LogP contribution in [-0.2, 0) is 4.79 Å². The van der Waals surface area contributed by atoms with E-state index < -0.39 is 5.91 Å². The van der Waals surface area contributed by atoms with Crippen LogP contribution in [0.15, 0.2) is 24.3 Å². The molecule has 0 spiro atoms. The van der Waals surface area contributed by atoms with Gasteiger partial charge in [-0.25, -0.2) is 0 Å². The van der Waals surface area contributed by atoms with E-state index in [1.165, 1.54) is 38.5 Å². The zero-order valence-electron chi connectivity index (χ0n) is 11.9. The van der Waals surface area contributed by atoms with Crippen molar-refractivity contribution >= 4 is 11.6 Å². The molecule has 4 heteroatoms. The Kier molecular flexibility index (Phi) is 5.71. The fourth-order valence-corrected chi connectivity index (χ4v) is 2.75. The molecule has 0 unspecified atom stereocenters. The molecule has 0 bridgehead atoms. The third-order valence-electron chi connectivity index (χ3n) is 3.82. The molecule has 3 N–H and O–H groups in total. The number of anilines is 1. The number of hydrogen-bond acceptors (Lipinski definition) is 3. The Morgan fingerprint density at radius 2 is 2.10 bits per heavy atom. The van der Waals surface area contributed by atoms with Gasteiger partial charge < -0.3 is 15.8 Å². The Bertz CT molecular complexity index is 428. The number of rotatable bonds is 7. The van der Waals surface area contributed by atoms with E-state index in [1.54, 1.807) is 0 Å². The molecule has 0 heterocycles. The molecule has 1 saturated carbocycles. The van der Waals surface area contributed by atoms with Crippen LogP contribution in [0, 0.1) is 5.92 Å². The van der Waals surface area contributed by atoms with Crippen molar-refractivity contribution in [1.29, 1.82) is 0 Å². The van der Waals surface area contributed by atoms with Crippen molar-refractivity contribution in [3.05, 3.63) is 24.3 Å². The molecule has 2 rings (SSSR count). The van der Waals surface area contributed by atoms with Crippen molar-refractivity contribution in [3.8, 4) is 5.75 Å². The first kappa shape index (κ1) is 14.7. The highest BCUT2D eigenvalue weighted by Gasteiger charge is 2.12. The van der Waals surface area contributed by atoms with Crippen molar-refractivity contribution in [2.75, 3.05) is 18.5 Å². The number of amides is 1. The Labute approximate surface area is 120 Å². The van der Waals surface area contributed by atoms with E-state index in [1.807, 2.05) is 24.3 Å². The summed E-state index contributed by atoms with van der Waals surface area (Å²) < 4.78 is 5.29. The van der Waals surface area contributed by atoms with E-state index in [-0.39, 0.29) is 6.61 Å². The summed E-state index contributed by atoms with van der Waals surface area (Å²) in [4.78, 5) is 10.7. The first-order valence-corrected chi connectivity index (χ1v) is 7.49. The summed E-state index contributed by atoms with van der Waals surface area (Å²) in [5.74, 6) is 1.10. The van der Waals surface area contributed by atoms with Crippen molar-refractivity contribution in [2.24, 2.45) is 11.7 Å². The molecule has 110 valence electrons. The van der Waals surface area contributed by atoms with Gasteiger partial charge in [-0.1, -0.05) is 38.2 Å². The SMILES string of the molecule is NC(=O)COc1cccc(NCCC2CCCCC2)c1. The molecule has 1 aliphatic carbocycles. The van der Waals surface area contributed by atoms with Crippen molar-refractivity contribution in [2.45, 2.75) is 38.5 Å². The maximum atomic E-state index is 10.7. The second kappa shape index (κ2) is 7.78. The predicted octanol–water partition coefficient (Wildman–Crippen LogP) is 2.93. The van der Waals surface area contributed by atoms with Gasteiger partial charge in [0, 0.05) is 18.3 Å². The van der Waals surface area contributed by atoms with Crippen molar-refractivity contribution in [1.82, 2.24) is 0 Å².